The average Bonchev–Trinajstić information content (AvgIpc) is 2.72. The number of carbonyl (C=O) groups is 2. The summed E-state index contributed by atoms with van der Waals surface area (Å²) in [5.41, 5.74) is 0. The van der Waals surface area contributed by atoms with Crippen LogP contribution in [0.1, 0.15) is 132 Å². The largest absolute Gasteiger partial charge is 0.494 e. The molecular weight excluding hydrogens is 416 g/mol. The van der Waals surface area contributed by atoms with Gasteiger partial charge in [-0.3, -0.25) is 9.59 Å². The van der Waals surface area contributed by atoms with E-state index in [0.29, 0.717) is 0 Å². The second kappa shape index (κ2) is 37.8. The lowest BCUT2D eigenvalue weighted by molar-refractivity contribution is -0.142. The summed E-state index contributed by atoms with van der Waals surface area (Å²) in [6.07, 6.45) is 22.4. The zero-order valence-electron chi connectivity index (χ0n) is 20.7. The first-order chi connectivity index (χ1) is 14.8. The highest BCUT2D eigenvalue weighted by Gasteiger charge is 1.99. The fourth-order valence-corrected chi connectivity index (χ4v) is 2.41. The molecule has 0 aliphatic heterocycles. The SMILES string of the molecule is C.C.C=CCCCCCCCC.CC(=O)C(O)O.CCCCCCCCC=COCC(C)=O. The average molecular weight is 475 g/mol. The summed E-state index contributed by atoms with van der Waals surface area (Å²) >= 11 is 0. The van der Waals surface area contributed by atoms with Crippen LogP contribution >= 0.6 is 0 Å². The molecule has 0 bridgehead atoms. The standard InChI is InChI=1S/C13H24O2.C10H20.C3H6O3.2CH4/c1-3-4-5-6-7-8-9-10-11-15-12-13(2)14;1-3-5-7-9-10-8-6-4-2;1-2(4)3(5)6;;/h10-11H,3-9,12H2,1-2H3;3H,1,4-10H2,2H3;3,5-6H,1H3;2*1H4. The Morgan fingerprint density at radius 3 is 1.55 bits per heavy atom. The molecule has 5 nitrogen and oxygen atoms in total. The number of aliphatic hydroxyl groups excluding tert-OH is 1. The van der Waals surface area contributed by atoms with Gasteiger partial charge in [-0.15, -0.1) is 6.58 Å². The van der Waals surface area contributed by atoms with Crippen molar-refractivity contribution in [1.82, 2.24) is 0 Å². The van der Waals surface area contributed by atoms with Gasteiger partial charge in [0.05, 0.1) is 6.26 Å². The van der Waals surface area contributed by atoms with Gasteiger partial charge in [-0.05, 0) is 45.6 Å². The van der Waals surface area contributed by atoms with Crippen molar-refractivity contribution in [2.45, 2.75) is 139 Å². The molecule has 0 aromatic rings. The first kappa shape index (κ1) is 41.8. The first-order valence-electron chi connectivity index (χ1n) is 12.1. The van der Waals surface area contributed by atoms with Crippen LogP contribution in [0.2, 0.25) is 0 Å². The van der Waals surface area contributed by atoms with Crippen molar-refractivity contribution in [3.63, 3.8) is 0 Å². The van der Waals surface area contributed by atoms with Gasteiger partial charge in [0.25, 0.3) is 0 Å². The molecule has 0 saturated heterocycles. The van der Waals surface area contributed by atoms with Crippen LogP contribution in [0, 0.1) is 0 Å². The number of ketones is 2. The zero-order chi connectivity index (χ0) is 24.2. The van der Waals surface area contributed by atoms with Crippen molar-refractivity contribution in [2.24, 2.45) is 0 Å². The topological polar surface area (TPSA) is 83.8 Å². The summed E-state index contributed by atoms with van der Waals surface area (Å²) in [6.45, 7) is 11.0. The second-order valence-electron chi connectivity index (χ2n) is 7.77. The number of ether oxygens (including phenoxy) is 1. The zero-order valence-corrected chi connectivity index (χ0v) is 20.7. The van der Waals surface area contributed by atoms with Crippen molar-refractivity contribution in [1.29, 1.82) is 0 Å². The van der Waals surface area contributed by atoms with Crippen LogP contribution in [0.15, 0.2) is 25.0 Å². The molecule has 0 unspecified atom stereocenters. The second-order valence-corrected chi connectivity index (χ2v) is 7.77. The molecule has 200 valence electrons. The minimum atomic E-state index is -1.79. The first-order valence-corrected chi connectivity index (χ1v) is 12.1. The van der Waals surface area contributed by atoms with Crippen molar-refractivity contribution in [2.75, 3.05) is 6.61 Å². The Morgan fingerprint density at radius 1 is 0.788 bits per heavy atom. The van der Waals surface area contributed by atoms with Crippen molar-refractivity contribution in [3.05, 3.63) is 25.0 Å². The molecule has 5 heteroatoms. The van der Waals surface area contributed by atoms with E-state index in [1.165, 1.54) is 90.4 Å². The molecule has 0 aliphatic rings. The predicted molar refractivity (Wildman–Crippen MR) is 144 cm³/mol. The molecule has 33 heavy (non-hydrogen) atoms. The van der Waals surface area contributed by atoms with Crippen molar-refractivity contribution < 1.29 is 24.5 Å². The fraction of sp³-hybridized carbons (Fsp3) is 0.786. The fourth-order valence-electron chi connectivity index (χ4n) is 2.41. The van der Waals surface area contributed by atoms with Gasteiger partial charge in [0, 0.05) is 0 Å². The maximum absolute atomic E-state index is 10.5. The maximum Gasteiger partial charge on any atom is 0.212 e. The molecule has 0 saturated carbocycles. The monoisotopic (exact) mass is 474 g/mol. The minimum absolute atomic E-state index is 0. The van der Waals surface area contributed by atoms with Gasteiger partial charge in [-0.25, -0.2) is 0 Å². The molecule has 0 fully saturated rings. The van der Waals surface area contributed by atoms with E-state index in [1.54, 1.807) is 6.26 Å². The summed E-state index contributed by atoms with van der Waals surface area (Å²) in [5.74, 6) is -0.561. The smallest absolute Gasteiger partial charge is 0.212 e. The molecule has 2 N–H and O–H groups in total. The number of Topliss-reactive ketones (excluding diaryl/α,β-unsaturated/α-hetero) is 2. The Labute approximate surface area is 206 Å². The molecule has 0 radical (unpaired) electrons. The van der Waals surface area contributed by atoms with E-state index in [9.17, 15) is 9.59 Å². The van der Waals surface area contributed by atoms with Gasteiger partial charge in [-0.2, -0.15) is 0 Å². The lowest BCUT2D eigenvalue weighted by Crippen LogP contribution is -2.14. The number of unbranched alkanes of at least 4 members (excludes halogenated alkanes) is 12. The highest BCUT2D eigenvalue weighted by atomic mass is 16.5. The summed E-state index contributed by atoms with van der Waals surface area (Å²) < 4.78 is 5.01. The Kier molecular flexibility index (Phi) is 47.9. The normalized spacial score (nSPS) is 9.55. The van der Waals surface area contributed by atoms with Gasteiger partial charge in [0.15, 0.2) is 11.6 Å². The van der Waals surface area contributed by atoms with Gasteiger partial charge >= 0.3 is 0 Å². The van der Waals surface area contributed by atoms with Crippen LogP contribution in [-0.4, -0.2) is 34.7 Å². The maximum atomic E-state index is 10.5. The molecule has 0 amide bonds. The lowest BCUT2D eigenvalue weighted by atomic mass is 10.1. The van der Waals surface area contributed by atoms with E-state index in [4.69, 9.17) is 14.9 Å². The van der Waals surface area contributed by atoms with E-state index in [-0.39, 0.29) is 27.2 Å². The molecule has 0 heterocycles. The van der Waals surface area contributed by atoms with Crippen LogP contribution in [0.25, 0.3) is 0 Å². The quantitative estimate of drug-likeness (QED) is 0.0911. The Bertz CT molecular complexity index is 417. The number of rotatable bonds is 18. The van der Waals surface area contributed by atoms with Gasteiger partial charge < -0.3 is 14.9 Å². The number of allylic oxidation sites excluding steroid dienone is 2. The molecule has 0 aliphatic carbocycles. The molecular formula is C28H58O5. The number of hydrogen-bond acceptors (Lipinski definition) is 5. The van der Waals surface area contributed by atoms with Gasteiger partial charge in [0.2, 0.25) is 6.29 Å². The van der Waals surface area contributed by atoms with Crippen LogP contribution in [0.5, 0.6) is 0 Å². The van der Waals surface area contributed by atoms with Gasteiger partial charge in [0.1, 0.15) is 6.61 Å². The van der Waals surface area contributed by atoms with Gasteiger partial charge in [-0.1, -0.05) is 99.0 Å². The third kappa shape index (κ3) is 53.6. The highest BCUT2D eigenvalue weighted by Crippen LogP contribution is 2.07. The number of aliphatic hydroxyl groups is 2. The third-order valence-electron chi connectivity index (χ3n) is 4.33. The molecule has 0 atom stereocenters. The van der Waals surface area contributed by atoms with Crippen molar-refractivity contribution in [3.8, 4) is 0 Å². The lowest BCUT2D eigenvalue weighted by Gasteiger charge is -1.98. The number of carbonyl (C=O) groups excluding carboxylic acids is 2. The van der Waals surface area contributed by atoms with E-state index in [0.717, 1.165) is 13.3 Å². The summed E-state index contributed by atoms with van der Waals surface area (Å²) in [5, 5.41) is 15.7. The molecule has 0 aromatic carbocycles. The van der Waals surface area contributed by atoms with Crippen molar-refractivity contribution >= 4 is 11.6 Å². The summed E-state index contributed by atoms with van der Waals surface area (Å²) in [7, 11) is 0. The van der Waals surface area contributed by atoms with E-state index in [2.05, 4.69) is 20.4 Å². The summed E-state index contributed by atoms with van der Waals surface area (Å²) in [6, 6.07) is 0. The minimum Gasteiger partial charge on any atom is -0.494 e. The Balaban J connectivity index is -0.000000126. The van der Waals surface area contributed by atoms with E-state index in [1.807, 2.05) is 12.2 Å². The molecule has 0 spiro atoms. The summed E-state index contributed by atoms with van der Waals surface area (Å²) in [4.78, 5) is 20.2. The van der Waals surface area contributed by atoms with Crippen LogP contribution in [0.3, 0.4) is 0 Å². The van der Waals surface area contributed by atoms with E-state index < -0.39 is 12.1 Å². The highest BCUT2D eigenvalue weighted by molar-refractivity contribution is 5.78. The molecule has 0 rings (SSSR count). The Morgan fingerprint density at radius 2 is 1.18 bits per heavy atom. The van der Waals surface area contributed by atoms with Crippen LogP contribution in [0.4, 0.5) is 0 Å². The van der Waals surface area contributed by atoms with Crippen LogP contribution < -0.4 is 0 Å². The van der Waals surface area contributed by atoms with E-state index >= 15 is 0 Å². The number of hydrogen-bond donors (Lipinski definition) is 2. The van der Waals surface area contributed by atoms with Crippen LogP contribution in [-0.2, 0) is 14.3 Å². The molecule has 0 aromatic heterocycles. The third-order valence-corrected chi connectivity index (χ3v) is 4.33. The Hall–Kier alpha value is -1.46. The predicted octanol–water partition coefficient (Wildman–Crippen LogP) is 7.94.